The number of benzene rings is 1. The average molecular weight is 291 g/mol. The van der Waals surface area contributed by atoms with E-state index in [-0.39, 0.29) is 10.9 Å². The molecule has 2 aromatic rings. The highest BCUT2D eigenvalue weighted by Gasteiger charge is 2.09. The highest BCUT2D eigenvalue weighted by Crippen LogP contribution is 2.16. The van der Waals surface area contributed by atoms with Crippen molar-refractivity contribution in [2.45, 2.75) is 24.4 Å². The molecule has 1 heterocycles. The lowest BCUT2D eigenvalue weighted by Gasteiger charge is -2.14. The van der Waals surface area contributed by atoms with Crippen molar-refractivity contribution in [1.29, 1.82) is 0 Å². The molecule has 1 aromatic heterocycles. The van der Waals surface area contributed by atoms with Gasteiger partial charge >= 0.3 is 0 Å². The van der Waals surface area contributed by atoms with Crippen LogP contribution in [0.1, 0.15) is 24.1 Å². The number of nitrogens with zero attached hydrogens (tertiary/aromatic N) is 1. The number of rotatable bonds is 5. The third kappa shape index (κ3) is 3.86. The van der Waals surface area contributed by atoms with Gasteiger partial charge in [-0.2, -0.15) is 0 Å². The summed E-state index contributed by atoms with van der Waals surface area (Å²) in [5, 5.41) is 8.43. The molecule has 0 saturated heterocycles. The van der Waals surface area contributed by atoms with Crippen molar-refractivity contribution in [3.8, 4) is 0 Å². The fourth-order valence-corrected chi connectivity index (χ4v) is 2.35. The Morgan fingerprint density at radius 2 is 1.75 bits per heavy atom. The maximum Gasteiger partial charge on any atom is 0.238 e. The molecule has 0 radical (unpaired) electrons. The quantitative estimate of drug-likeness (QED) is 0.876. The third-order valence-electron chi connectivity index (χ3n) is 3.07. The van der Waals surface area contributed by atoms with Crippen molar-refractivity contribution in [3.63, 3.8) is 0 Å². The highest BCUT2D eigenvalue weighted by molar-refractivity contribution is 7.89. The molecule has 5 nitrogen and oxygen atoms in total. The summed E-state index contributed by atoms with van der Waals surface area (Å²) in [6, 6.07) is 10.6. The number of pyridine rings is 1. The van der Waals surface area contributed by atoms with Crippen LogP contribution in [0, 0.1) is 0 Å². The van der Waals surface area contributed by atoms with Gasteiger partial charge in [-0.1, -0.05) is 12.1 Å². The Morgan fingerprint density at radius 3 is 2.30 bits per heavy atom. The number of primary sulfonamides is 1. The first-order valence-electron chi connectivity index (χ1n) is 6.22. The molecular formula is C14H17N3O2S. The molecule has 0 aliphatic heterocycles. The molecular weight excluding hydrogens is 274 g/mol. The predicted octanol–water partition coefficient (Wildman–Crippen LogP) is 1.58. The molecule has 0 spiro atoms. The molecule has 20 heavy (non-hydrogen) atoms. The van der Waals surface area contributed by atoms with Crippen molar-refractivity contribution in [1.82, 2.24) is 10.3 Å². The molecule has 106 valence electrons. The Labute approximate surface area is 118 Å². The molecule has 6 heteroatoms. The zero-order valence-electron chi connectivity index (χ0n) is 11.2. The maximum atomic E-state index is 11.2. The number of sulfonamides is 1. The Balaban J connectivity index is 2.01. The summed E-state index contributed by atoms with van der Waals surface area (Å²) in [6.45, 7) is 2.74. The van der Waals surface area contributed by atoms with Crippen LogP contribution >= 0.6 is 0 Å². The molecule has 0 fully saturated rings. The van der Waals surface area contributed by atoms with Crippen LogP contribution in [-0.2, 0) is 16.6 Å². The SMILES string of the molecule is CC(NCc1ccncc1)c1ccc(S(N)(=O)=O)cc1. The second-order valence-corrected chi connectivity index (χ2v) is 6.13. The van der Waals surface area contributed by atoms with Gasteiger partial charge in [-0.15, -0.1) is 0 Å². The van der Waals surface area contributed by atoms with Gasteiger partial charge < -0.3 is 5.32 Å². The van der Waals surface area contributed by atoms with E-state index in [0.717, 1.165) is 17.7 Å². The van der Waals surface area contributed by atoms with Crippen molar-refractivity contribution < 1.29 is 8.42 Å². The van der Waals surface area contributed by atoms with Gasteiger partial charge in [-0.3, -0.25) is 4.98 Å². The number of nitrogens with one attached hydrogen (secondary N) is 1. The molecule has 0 bridgehead atoms. The normalized spacial score (nSPS) is 13.1. The van der Waals surface area contributed by atoms with Gasteiger partial charge in [0, 0.05) is 25.0 Å². The van der Waals surface area contributed by atoms with Gasteiger partial charge in [0.15, 0.2) is 0 Å². The minimum Gasteiger partial charge on any atom is -0.306 e. The first-order chi connectivity index (χ1) is 9.47. The lowest BCUT2D eigenvalue weighted by atomic mass is 10.1. The third-order valence-corrected chi connectivity index (χ3v) is 4.00. The maximum absolute atomic E-state index is 11.2. The number of aromatic nitrogens is 1. The van der Waals surface area contributed by atoms with Gasteiger partial charge in [0.05, 0.1) is 4.90 Å². The van der Waals surface area contributed by atoms with Gasteiger partial charge in [0.1, 0.15) is 0 Å². The first kappa shape index (κ1) is 14.6. The number of hydrogen-bond donors (Lipinski definition) is 2. The second-order valence-electron chi connectivity index (χ2n) is 4.57. The standard InChI is InChI=1S/C14H17N3O2S/c1-11(17-10-12-6-8-16-9-7-12)13-2-4-14(5-3-13)20(15,18)19/h2-9,11,17H,10H2,1H3,(H2,15,18,19). The van der Waals surface area contributed by atoms with E-state index in [1.807, 2.05) is 19.1 Å². The summed E-state index contributed by atoms with van der Waals surface area (Å²) in [6.07, 6.45) is 3.51. The van der Waals surface area contributed by atoms with E-state index in [1.54, 1.807) is 24.5 Å². The molecule has 1 unspecified atom stereocenters. The lowest BCUT2D eigenvalue weighted by Crippen LogP contribution is -2.18. The van der Waals surface area contributed by atoms with E-state index in [0.29, 0.717) is 0 Å². The number of nitrogens with two attached hydrogens (primary N) is 1. The Morgan fingerprint density at radius 1 is 1.15 bits per heavy atom. The van der Waals surface area contributed by atoms with Crippen molar-refractivity contribution >= 4 is 10.0 Å². The molecule has 0 amide bonds. The first-order valence-corrected chi connectivity index (χ1v) is 7.76. The lowest BCUT2D eigenvalue weighted by molar-refractivity contribution is 0.573. The monoisotopic (exact) mass is 291 g/mol. The van der Waals surface area contributed by atoms with Crippen LogP contribution in [0.15, 0.2) is 53.7 Å². The van der Waals surface area contributed by atoms with Gasteiger partial charge in [0.25, 0.3) is 0 Å². The summed E-state index contributed by atoms with van der Waals surface area (Å²) in [7, 11) is -3.63. The van der Waals surface area contributed by atoms with E-state index in [1.165, 1.54) is 12.1 Å². The van der Waals surface area contributed by atoms with Crippen LogP contribution in [-0.4, -0.2) is 13.4 Å². The van der Waals surface area contributed by atoms with E-state index in [2.05, 4.69) is 10.3 Å². The van der Waals surface area contributed by atoms with Crippen LogP contribution in [0.2, 0.25) is 0 Å². The van der Waals surface area contributed by atoms with Crippen LogP contribution in [0.3, 0.4) is 0 Å². The van der Waals surface area contributed by atoms with Crippen LogP contribution in [0.5, 0.6) is 0 Å². The molecule has 3 N–H and O–H groups in total. The summed E-state index contributed by atoms with van der Waals surface area (Å²) < 4.78 is 22.4. The van der Waals surface area contributed by atoms with Crippen LogP contribution in [0.25, 0.3) is 0 Å². The molecule has 1 aromatic carbocycles. The summed E-state index contributed by atoms with van der Waals surface area (Å²) in [4.78, 5) is 4.09. The largest absolute Gasteiger partial charge is 0.306 e. The fraction of sp³-hybridized carbons (Fsp3) is 0.214. The van der Waals surface area contributed by atoms with Crippen LogP contribution in [0.4, 0.5) is 0 Å². The van der Waals surface area contributed by atoms with Crippen molar-refractivity contribution in [3.05, 3.63) is 59.9 Å². The minimum atomic E-state index is -3.63. The fourth-order valence-electron chi connectivity index (χ4n) is 1.84. The minimum absolute atomic E-state index is 0.109. The van der Waals surface area contributed by atoms with E-state index in [9.17, 15) is 8.42 Å². The summed E-state index contributed by atoms with van der Waals surface area (Å²) in [5.41, 5.74) is 2.15. The smallest absolute Gasteiger partial charge is 0.238 e. The predicted molar refractivity (Wildman–Crippen MR) is 77.3 cm³/mol. The van der Waals surface area contributed by atoms with E-state index in [4.69, 9.17) is 5.14 Å². The van der Waals surface area contributed by atoms with E-state index >= 15 is 0 Å². The van der Waals surface area contributed by atoms with Gasteiger partial charge in [-0.05, 0) is 42.3 Å². The van der Waals surface area contributed by atoms with Gasteiger partial charge in [0.2, 0.25) is 10.0 Å². The number of hydrogen-bond acceptors (Lipinski definition) is 4. The second kappa shape index (κ2) is 6.13. The van der Waals surface area contributed by atoms with E-state index < -0.39 is 10.0 Å². The van der Waals surface area contributed by atoms with Crippen molar-refractivity contribution in [2.24, 2.45) is 5.14 Å². The zero-order chi connectivity index (χ0) is 14.6. The Bertz CT molecular complexity index is 655. The molecule has 0 aliphatic rings. The summed E-state index contributed by atoms with van der Waals surface area (Å²) >= 11 is 0. The van der Waals surface area contributed by atoms with Crippen LogP contribution < -0.4 is 10.5 Å². The topological polar surface area (TPSA) is 85.1 Å². The Kier molecular flexibility index (Phi) is 4.49. The molecule has 2 rings (SSSR count). The molecule has 0 saturated carbocycles. The van der Waals surface area contributed by atoms with Crippen molar-refractivity contribution in [2.75, 3.05) is 0 Å². The summed E-state index contributed by atoms with van der Waals surface area (Å²) in [5.74, 6) is 0. The molecule has 0 aliphatic carbocycles. The highest BCUT2D eigenvalue weighted by atomic mass is 32.2. The average Bonchev–Trinajstić information content (AvgIpc) is 2.45. The Hall–Kier alpha value is -1.76. The molecule has 1 atom stereocenters. The van der Waals surface area contributed by atoms with Gasteiger partial charge in [-0.25, -0.2) is 13.6 Å². The zero-order valence-corrected chi connectivity index (χ0v) is 12.0.